The number of rotatable bonds is 4. The highest BCUT2D eigenvalue weighted by Gasteiger charge is 2.34. The minimum atomic E-state index is -3.34. The molecule has 0 aliphatic rings. The van der Waals surface area contributed by atoms with Crippen molar-refractivity contribution >= 4 is 20.7 Å². The van der Waals surface area contributed by atoms with Crippen LogP contribution in [0.2, 0.25) is 0 Å². The number of benzene rings is 2. The molecule has 4 aromatic rings. The van der Waals surface area contributed by atoms with Gasteiger partial charge < -0.3 is 0 Å². The maximum Gasteiger partial charge on any atom is 0.156 e. The van der Waals surface area contributed by atoms with Crippen molar-refractivity contribution < 1.29 is 8.42 Å². The van der Waals surface area contributed by atoms with E-state index in [9.17, 15) is 8.42 Å². The monoisotopic (exact) mass is 402 g/mol. The van der Waals surface area contributed by atoms with E-state index in [2.05, 4.69) is 28.2 Å². The van der Waals surface area contributed by atoms with E-state index in [-0.39, 0.29) is 0 Å². The molecule has 4 nitrogen and oxygen atoms in total. The van der Waals surface area contributed by atoms with Gasteiger partial charge in [0.1, 0.15) is 0 Å². The Morgan fingerprint density at radius 1 is 0.759 bits per heavy atom. The summed E-state index contributed by atoms with van der Waals surface area (Å²) in [7, 11) is -3.34. The third-order valence-electron chi connectivity index (χ3n) is 5.49. The summed E-state index contributed by atoms with van der Waals surface area (Å²) in [6.45, 7) is 3.48. The number of hydrogen-bond donors (Lipinski definition) is 0. The third-order valence-corrected chi connectivity index (χ3v) is 7.56. The number of aromatic nitrogens is 2. The van der Waals surface area contributed by atoms with Crippen LogP contribution in [0.3, 0.4) is 0 Å². The molecule has 0 saturated carbocycles. The number of nitrogens with zero attached hydrogens (tertiary/aromatic N) is 2. The summed E-state index contributed by atoms with van der Waals surface area (Å²) in [6, 6.07) is 20.0. The van der Waals surface area contributed by atoms with Crippen molar-refractivity contribution in [2.24, 2.45) is 0 Å². The highest BCUT2D eigenvalue weighted by molar-refractivity contribution is 7.91. The SMILES string of the molecule is CC(C)(c1cc(-c2cccc(-c3ccncc3)c2)cc2cccnc12)S(C)(=O)=O. The summed E-state index contributed by atoms with van der Waals surface area (Å²) >= 11 is 0. The van der Waals surface area contributed by atoms with E-state index in [4.69, 9.17) is 0 Å². The fourth-order valence-electron chi connectivity index (χ4n) is 3.44. The molecule has 0 bridgehead atoms. The average Bonchev–Trinajstić information content (AvgIpc) is 2.73. The molecule has 5 heteroatoms. The average molecular weight is 403 g/mol. The van der Waals surface area contributed by atoms with Crippen LogP contribution in [0.4, 0.5) is 0 Å². The number of hydrogen-bond acceptors (Lipinski definition) is 4. The number of pyridine rings is 2. The fraction of sp³-hybridized carbons (Fsp3) is 0.167. The van der Waals surface area contributed by atoms with Gasteiger partial charge >= 0.3 is 0 Å². The molecule has 0 saturated heterocycles. The van der Waals surface area contributed by atoms with Gasteiger partial charge in [-0.25, -0.2) is 8.42 Å². The molecule has 2 aromatic heterocycles. The minimum Gasteiger partial charge on any atom is -0.265 e. The van der Waals surface area contributed by atoms with Crippen LogP contribution in [0.15, 0.2) is 79.3 Å². The Morgan fingerprint density at radius 3 is 2.14 bits per heavy atom. The Balaban J connectivity index is 1.95. The lowest BCUT2D eigenvalue weighted by molar-refractivity contribution is 0.562. The van der Waals surface area contributed by atoms with Gasteiger partial charge in [-0.05, 0) is 78.1 Å². The molecule has 2 aromatic carbocycles. The molecule has 0 unspecified atom stereocenters. The van der Waals surface area contributed by atoms with Crippen LogP contribution in [0.1, 0.15) is 19.4 Å². The van der Waals surface area contributed by atoms with Crippen LogP contribution in [-0.2, 0) is 14.6 Å². The largest absolute Gasteiger partial charge is 0.265 e. The molecule has 2 heterocycles. The van der Waals surface area contributed by atoms with Crippen molar-refractivity contribution in [3.63, 3.8) is 0 Å². The maximum atomic E-state index is 12.6. The number of fused-ring (bicyclic) bond motifs is 1. The second-order valence-corrected chi connectivity index (χ2v) is 10.3. The molecular weight excluding hydrogens is 380 g/mol. The van der Waals surface area contributed by atoms with Gasteiger partial charge in [0, 0.05) is 30.2 Å². The quantitative estimate of drug-likeness (QED) is 0.468. The van der Waals surface area contributed by atoms with Gasteiger partial charge in [0.25, 0.3) is 0 Å². The summed E-state index contributed by atoms with van der Waals surface area (Å²) in [5.41, 5.74) is 5.59. The van der Waals surface area contributed by atoms with Gasteiger partial charge in [-0.15, -0.1) is 0 Å². The van der Waals surface area contributed by atoms with Gasteiger partial charge in [-0.1, -0.05) is 24.3 Å². The Morgan fingerprint density at radius 2 is 1.45 bits per heavy atom. The summed E-state index contributed by atoms with van der Waals surface area (Å²) in [5, 5.41) is 0.922. The molecule has 0 spiro atoms. The van der Waals surface area contributed by atoms with E-state index in [1.807, 2.05) is 42.5 Å². The summed E-state index contributed by atoms with van der Waals surface area (Å²) in [5.74, 6) is 0. The van der Waals surface area contributed by atoms with Crippen molar-refractivity contribution in [1.82, 2.24) is 9.97 Å². The zero-order chi connectivity index (χ0) is 20.6. The highest BCUT2D eigenvalue weighted by Crippen LogP contribution is 2.37. The zero-order valence-electron chi connectivity index (χ0n) is 16.6. The first-order chi connectivity index (χ1) is 13.8. The van der Waals surface area contributed by atoms with Gasteiger partial charge in [-0.2, -0.15) is 0 Å². The van der Waals surface area contributed by atoms with Gasteiger partial charge in [0.15, 0.2) is 9.84 Å². The predicted octanol–water partition coefficient (Wildman–Crippen LogP) is 5.24. The van der Waals surface area contributed by atoms with Crippen molar-refractivity contribution in [1.29, 1.82) is 0 Å². The van der Waals surface area contributed by atoms with E-state index < -0.39 is 14.6 Å². The van der Waals surface area contributed by atoms with Crippen molar-refractivity contribution in [3.8, 4) is 22.3 Å². The summed E-state index contributed by atoms with van der Waals surface area (Å²) in [4.78, 5) is 8.57. The molecule has 0 aliphatic heterocycles. The summed E-state index contributed by atoms with van der Waals surface area (Å²) in [6.07, 6.45) is 6.53. The van der Waals surface area contributed by atoms with Crippen LogP contribution in [-0.4, -0.2) is 24.6 Å². The van der Waals surface area contributed by atoms with Crippen molar-refractivity contribution in [3.05, 3.63) is 84.8 Å². The Hall–Kier alpha value is -3.05. The molecule has 0 radical (unpaired) electrons. The normalized spacial score (nSPS) is 12.2. The van der Waals surface area contributed by atoms with Gasteiger partial charge in [0.05, 0.1) is 10.3 Å². The lowest BCUT2D eigenvalue weighted by atomic mass is 9.92. The summed E-state index contributed by atoms with van der Waals surface area (Å²) < 4.78 is 24.0. The van der Waals surface area contributed by atoms with E-state index in [1.165, 1.54) is 6.26 Å². The topological polar surface area (TPSA) is 59.9 Å². The zero-order valence-corrected chi connectivity index (χ0v) is 17.4. The molecule has 0 aliphatic carbocycles. The van der Waals surface area contributed by atoms with E-state index in [0.29, 0.717) is 5.56 Å². The van der Waals surface area contributed by atoms with Crippen LogP contribution in [0.25, 0.3) is 33.2 Å². The molecule has 0 amide bonds. The lowest BCUT2D eigenvalue weighted by Gasteiger charge is -2.25. The highest BCUT2D eigenvalue weighted by atomic mass is 32.2. The first-order valence-electron chi connectivity index (χ1n) is 9.37. The molecule has 4 rings (SSSR count). The maximum absolute atomic E-state index is 12.6. The Labute approximate surface area is 171 Å². The predicted molar refractivity (Wildman–Crippen MR) is 118 cm³/mol. The molecule has 0 fully saturated rings. The van der Waals surface area contributed by atoms with Crippen molar-refractivity contribution in [2.75, 3.05) is 6.26 Å². The second kappa shape index (κ2) is 7.08. The fourth-order valence-corrected chi connectivity index (χ4v) is 4.00. The van der Waals surface area contributed by atoms with Crippen LogP contribution < -0.4 is 0 Å². The minimum absolute atomic E-state index is 0.711. The molecule has 0 N–H and O–H groups in total. The number of sulfone groups is 1. The first kappa shape index (κ1) is 19.3. The standard InChI is InChI=1S/C24H22N2O2S/c1-24(2,29(3,27)28)22-16-21(15-20-8-5-11-26-23(20)22)19-7-4-6-18(14-19)17-9-12-25-13-10-17/h4-16H,1-3H3. The smallest absolute Gasteiger partial charge is 0.156 e. The Bertz CT molecular complexity index is 1300. The van der Waals surface area contributed by atoms with Crippen LogP contribution in [0.5, 0.6) is 0 Å². The van der Waals surface area contributed by atoms with Gasteiger partial charge in [0.2, 0.25) is 0 Å². The van der Waals surface area contributed by atoms with Crippen LogP contribution >= 0.6 is 0 Å². The molecule has 146 valence electrons. The second-order valence-electron chi connectivity index (χ2n) is 7.70. The van der Waals surface area contributed by atoms with E-state index >= 15 is 0 Å². The van der Waals surface area contributed by atoms with Gasteiger partial charge in [-0.3, -0.25) is 9.97 Å². The first-order valence-corrected chi connectivity index (χ1v) is 11.3. The molecule has 0 atom stereocenters. The van der Waals surface area contributed by atoms with E-state index in [1.54, 1.807) is 32.4 Å². The Kier molecular flexibility index (Phi) is 4.71. The third kappa shape index (κ3) is 3.54. The molecular formula is C24H22N2O2S. The lowest BCUT2D eigenvalue weighted by Crippen LogP contribution is -2.28. The molecule has 29 heavy (non-hydrogen) atoms. The van der Waals surface area contributed by atoms with E-state index in [0.717, 1.165) is 33.2 Å². The van der Waals surface area contributed by atoms with Crippen LogP contribution in [0, 0.1) is 0 Å². The van der Waals surface area contributed by atoms with Crippen molar-refractivity contribution in [2.45, 2.75) is 18.6 Å².